The van der Waals surface area contributed by atoms with Crippen molar-refractivity contribution < 1.29 is 14.6 Å². The van der Waals surface area contributed by atoms with E-state index in [-0.39, 0.29) is 0 Å². The minimum atomic E-state index is -0.852. The average molecular weight is 289 g/mol. The summed E-state index contributed by atoms with van der Waals surface area (Å²) in [4.78, 5) is 13.8. The van der Waals surface area contributed by atoms with Crippen molar-refractivity contribution in [1.82, 2.24) is 0 Å². The van der Waals surface area contributed by atoms with Crippen molar-refractivity contribution in [2.45, 2.75) is 13.0 Å². The van der Waals surface area contributed by atoms with Crippen molar-refractivity contribution in [3.8, 4) is 5.75 Å². The van der Waals surface area contributed by atoms with Gasteiger partial charge in [0.05, 0.1) is 12.3 Å². The fourth-order valence-electron chi connectivity index (χ4n) is 2.42. The summed E-state index contributed by atoms with van der Waals surface area (Å²) in [5, 5.41) is 11.0. The van der Waals surface area contributed by atoms with E-state index in [1.165, 1.54) is 11.3 Å². The summed E-state index contributed by atoms with van der Waals surface area (Å²) >= 11 is 1.28. The van der Waals surface area contributed by atoms with Gasteiger partial charge in [0.15, 0.2) is 0 Å². The molecule has 0 bridgehead atoms. The predicted octanol–water partition coefficient (Wildman–Crippen LogP) is 3.24. The van der Waals surface area contributed by atoms with Gasteiger partial charge in [-0.25, -0.2) is 4.79 Å². The van der Waals surface area contributed by atoms with Crippen LogP contribution in [0.5, 0.6) is 5.75 Å². The quantitative estimate of drug-likeness (QED) is 0.942. The molecule has 104 valence electrons. The molecule has 1 N–H and O–H groups in total. The zero-order valence-corrected chi connectivity index (χ0v) is 11.7. The molecule has 1 aliphatic heterocycles. The molecule has 20 heavy (non-hydrogen) atoms. The number of rotatable bonds is 3. The van der Waals surface area contributed by atoms with Crippen LogP contribution in [-0.4, -0.2) is 24.2 Å². The second-order valence-corrected chi connectivity index (χ2v) is 5.59. The van der Waals surface area contributed by atoms with Gasteiger partial charge in [0.25, 0.3) is 0 Å². The Hall–Kier alpha value is -2.01. The molecule has 3 rings (SSSR count). The van der Waals surface area contributed by atoms with Gasteiger partial charge in [-0.1, -0.05) is 12.1 Å². The fraction of sp³-hybridized carbons (Fsp3) is 0.267. The van der Waals surface area contributed by atoms with E-state index in [1.807, 2.05) is 35.7 Å². The number of carbonyl (C=O) groups is 1. The monoisotopic (exact) mass is 289 g/mol. The number of nitrogens with zero attached hydrogens (tertiary/aromatic N) is 1. The number of carboxylic acid groups (broad SMARTS) is 1. The maximum absolute atomic E-state index is 11.2. The lowest BCUT2D eigenvalue weighted by Crippen LogP contribution is -2.23. The Balaban J connectivity index is 1.90. The van der Waals surface area contributed by atoms with E-state index in [4.69, 9.17) is 4.74 Å². The second-order valence-electron chi connectivity index (χ2n) is 4.67. The second kappa shape index (κ2) is 5.54. The van der Waals surface area contributed by atoms with Crippen LogP contribution in [0.4, 0.5) is 5.69 Å². The van der Waals surface area contributed by atoms with Gasteiger partial charge in [0.1, 0.15) is 10.6 Å². The summed E-state index contributed by atoms with van der Waals surface area (Å²) < 4.78 is 5.72. The highest BCUT2D eigenvalue weighted by Crippen LogP contribution is 2.32. The predicted molar refractivity (Wildman–Crippen MR) is 78.9 cm³/mol. The van der Waals surface area contributed by atoms with E-state index < -0.39 is 5.97 Å². The molecule has 0 aliphatic carbocycles. The van der Waals surface area contributed by atoms with Crippen LogP contribution < -0.4 is 9.64 Å². The lowest BCUT2D eigenvalue weighted by atomic mass is 10.2. The zero-order chi connectivity index (χ0) is 13.9. The smallest absolute Gasteiger partial charge is 0.346 e. The maximum Gasteiger partial charge on any atom is 0.346 e. The van der Waals surface area contributed by atoms with Crippen molar-refractivity contribution in [2.75, 3.05) is 18.1 Å². The Labute approximate surface area is 121 Å². The number of aromatic carboxylic acids is 1. The van der Waals surface area contributed by atoms with Crippen molar-refractivity contribution >= 4 is 23.0 Å². The normalized spacial score (nSPS) is 14.3. The van der Waals surface area contributed by atoms with Crippen LogP contribution >= 0.6 is 11.3 Å². The maximum atomic E-state index is 11.2. The molecule has 4 nitrogen and oxygen atoms in total. The number of fused-ring (bicyclic) bond motifs is 1. The van der Waals surface area contributed by atoms with Crippen molar-refractivity contribution in [2.24, 2.45) is 0 Å². The number of thiophene rings is 1. The Morgan fingerprint density at radius 3 is 3.05 bits per heavy atom. The minimum Gasteiger partial charge on any atom is -0.491 e. The third-order valence-corrected chi connectivity index (χ3v) is 4.28. The van der Waals surface area contributed by atoms with Gasteiger partial charge in [0.2, 0.25) is 0 Å². The first-order valence-electron chi connectivity index (χ1n) is 6.52. The molecular formula is C15H15NO3S. The van der Waals surface area contributed by atoms with Crippen molar-refractivity contribution in [3.05, 3.63) is 46.2 Å². The van der Waals surface area contributed by atoms with Crippen LogP contribution in [0.1, 0.15) is 21.7 Å². The van der Waals surface area contributed by atoms with Crippen LogP contribution in [0.3, 0.4) is 0 Å². The highest BCUT2D eigenvalue weighted by atomic mass is 32.1. The molecule has 2 heterocycles. The Morgan fingerprint density at radius 2 is 2.20 bits per heavy atom. The third-order valence-electron chi connectivity index (χ3n) is 3.34. The van der Waals surface area contributed by atoms with Crippen LogP contribution in [0.2, 0.25) is 0 Å². The van der Waals surface area contributed by atoms with E-state index in [2.05, 4.69) is 4.90 Å². The number of carboxylic acids is 1. The number of ether oxygens (including phenoxy) is 1. The Morgan fingerprint density at radius 1 is 1.35 bits per heavy atom. The van der Waals surface area contributed by atoms with E-state index >= 15 is 0 Å². The molecule has 0 radical (unpaired) electrons. The van der Waals surface area contributed by atoms with Crippen LogP contribution in [0.25, 0.3) is 0 Å². The molecule has 0 saturated carbocycles. The summed E-state index contributed by atoms with van der Waals surface area (Å²) in [6.07, 6.45) is 0.932. The van der Waals surface area contributed by atoms with Crippen molar-refractivity contribution in [3.63, 3.8) is 0 Å². The zero-order valence-electron chi connectivity index (χ0n) is 10.9. The average Bonchev–Trinajstić information content (AvgIpc) is 2.81. The molecular weight excluding hydrogens is 274 g/mol. The lowest BCUT2D eigenvalue weighted by molar-refractivity contribution is 0.0701. The van der Waals surface area contributed by atoms with E-state index in [1.54, 1.807) is 0 Å². The molecule has 1 aliphatic rings. The van der Waals surface area contributed by atoms with Gasteiger partial charge in [0, 0.05) is 13.1 Å². The topological polar surface area (TPSA) is 49.8 Å². The highest BCUT2D eigenvalue weighted by molar-refractivity contribution is 7.12. The molecule has 5 heteroatoms. The first-order chi connectivity index (χ1) is 9.75. The highest BCUT2D eigenvalue weighted by Gasteiger charge is 2.19. The van der Waals surface area contributed by atoms with E-state index in [0.717, 1.165) is 30.0 Å². The molecule has 0 atom stereocenters. The molecule has 0 saturated heterocycles. The molecule has 0 fully saturated rings. The number of para-hydroxylation sites is 2. The standard InChI is InChI=1S/C15H15NO3S/c17-15(18)14-11(6-9-20-14)10-16-7-3-8-19-13-5-2-1-4-12(13)16/h1-2,4-6,9H,3,7-8,10H2,(H,17,18). The van der Waals surface area contributed by atoms with Gasteiger partial charge >= 0.3 is 5.97 Å². The summed E-state index contributed by atoms with van der Waals surface area (Å²) in [6, 6.07) is 9.80. The third kappa shape index (κ3) is 2.49. The van der Waals surface area contributed by atoms with Gasteiger partial charge in [-0.15, -0.1) is 11.3 Å². The summed E-state index contributed by atoms with van der Waals surface area (Å²) in [6.45, 7) is 2.17. The fourth-order valence-corrected chi connectivity index (χ4v) is 3.17. The molecule has 0 spiro atoms. The number of hydrogen-bond acceptors (Lipinski definition) is 4. The van der Waals surface area contributed by atoms with Gasteiger partial charge < -0.3 is 14.7 Å². The largest absolute Gasteiger partial charge is 0.491 e. The minimum absolute atomic E-state index is 0.424. The number of hydrogen-bond donors (Lipinski definition) is 1. The van der Waals surface area contributed by atoms with Crippen LogP contribution in [0, 0.1) is 0 Å². The van der Waals surface area contributed by atoms with E-state index in [9.17, 15) is 9.90 Å². The number of benzene rings is 1. The first-order valence-corrected chi connectivity index (χ1v) is 7.40. The van der Waals surface area contributed by atoms with Gasteiger partial charge in [-0.05, 0) is 35.6 Å². The molecule has 1 aromatic carbocycles. The van der Waals surface area contributed by atoms with Crippen LogP contribution in [-0.2, 0) is 6.54 Å². The molecule has 0 unspecified atom stereocenters. The molecule has 2 aromatic rings. The lowest BCUT2D eigenvalue weighted by Gasteiger charge is -2.23. The first kappa shape index (κ1) is 13.0. The molecule has 1 aromatic heterocycles. The van der Waals surface area contributed by atoms with E-state index in [0.29, 0.717) is 18.0 Å². The summed E-state index contributed by atoms with van der Waals surface area (Å²) in [5.74, 6) is 0.0199. The van der Waals surface area contributed by atoms with Crippen molar-refractivity contribution in [1.29, 1.82) is 0 Å². The SMILES string of the molecule is O=C(O)c1sccc1CN1CCCOc2ccccc21. The van der Waals surface area contributed by atoms with Gasteiger partial charge in [-0.2, -0.15) is 0 Å². The summed E-state index contributed by atoms with van der Waals surface area (Å²) in [7, 11) is 0. The number of anilines is 1. The Bertz CT molecular complexity index is 623. The Kier molecular flexibility index (Phi) is 3.60. The summed E-state index contributed by atoms with van der Waals surface area (Å²) in [5.41, 5.74) is 1.90. The molecule has 0 amide bonds. The van der Waals surface area contributed by atoms with Crippen LogP contribution in [0.15, 0.2) is 35.7 Å². The van der Waals surface area contributed by atoms with Gasteiger partial charge in [-0.3, -0.25) is 0 Å².